The maximum absolute atomic E-state index is 13.4. The number of hydrogen-bond donors (Lipinski definition) is 0. The van der Waals surface area contributed by atoms with Crippen LogP contribution < -0.4 is 0 Å². The molecule has 1 aromatic rings. The lowest BCUT2D eigenvalue weighted by Gasteiger charge is -2.24. The summed E-state index contributed by atoms with van der Waals surface area (Å²) in [5.41, 5.74) is 0. The van der Waals surface area contributed by atoms with E-state index >= 15 is 0 Å². The first-order chi connectivity index (χ1) is 11.9. The minimum Gasteiger partial charge on any atom is -0.376 e. The van der Waals surface area contributed by atoms with Gasteiger partial charge in [0.1, 0.15) is 5.82 Å². The van der Waals surface area contributed by atoms with Crippen LogP contribution in [0.3, 0.4) is 0 Å². The summed E-state index contributed by atoms with van der Waals surface area (Å²) in [6, 6.07) is 5.08. The average Bonchev–Trinajstić information content (AvgIpc) is 3.26. The summed E-state index contributed by atoms with van der Waals surface area (Å²) in [5.74, 6) is -0.163. The fourth-order valence-electron chi connectivity index (χ4n) is 4.10. The smallest absolute Gasteiger partial charge is 0.243 e. The number of nitrogens with zero attached hydrogens (tertiary/aromatic N) is 2. The Morgan fingerprint density at radius 2 is 2.12 bits per heavy atom. The lowest BCUT2D eigenvalue weighted by Crippen LogP contribution is -2.36. The number of fused-ring (bicyclic) bond motifs is 1. The number of rotatable bonds is 4. The fraction of sp³-hybridized carbons (Fsp3) is 0.588. The lowest BCUT2D eigenvalue weighted by molar-refractivity contribution is -0.128. The van der Waals surface area contributed by atoms with Crippen molar-refractivity contribution in [1.29, 1.82) is 0 Å². The van der Waals surface area contributed by atoms with Crippen LogP contribution in [0.1, 0.15) is 12.8 Å². The summed E-state index contributed by atoms with van der Waals surface area (Å²) in [7, 11) is -3.73. The van der Waals surface area contributed by atoms with Crippen molar-refractivity contribution in [1.82, 2.24) is 9.21 Å². The molecule has 8 heteroatoms. The van der Waals surface area contributed by atoms with E-state index in [9.17, 15) is 17.6 Å². The van der Waals surface area contributed by atoms with E-state index in [1.54, 1.807) is 0 Å². The van der Waals surface area contributed by atoms with E-state index in [1.807, 2.05) is 4.90 Å². The van der Waals surface area contributed by atoms with Gasteiger partial charge in [-0.05, 0) is 24.6 Å². The van der Waals surface area contributed by atoms with Crippen molar-refractivity contribution in [3.05, 3.63) is 30.1 Å². The van der Waals surface area contributed by atoms with Crippen LogP contribution >= 0.6 is 0 Å². The molecule has 0 bridgehead atoms. The number of sulfonamides is 1. The number of benzene rings is 1. The van der Waals surface area contributed by atoms with Gasteiger partial charge >= 0.3 is 0 Å². The van der Waals surface area contributed by atoms with Gasteiger partial charge in [-0.15, -0.1) is 0 Å². The number of likely N-dealkylation sites (tertiary alicyclic amines) is 1. The fourth-order valence-corrected chi connectivity index (χ4v) is 5.63. The van der Waals surface area contributed by atoms with E-state index < -0.39 is 15.8 Å². The van der Waals surface area contributed by atoms with Gasteiger partial charge in [-0.3, -0.25) is 4.79 Å². The van der Waals surface area contributed by atoms with Crippen LogP contribution in [0.15, 0.2) is 29.2 Å². The number of ether oxygens (including phenoxy) is 1. The molecule has 3 heterocycles. The van der Waals surface area contributed by atoms with Gasteiger partial charge in [0.2, 0.25) is 15.9 Å². The number of halogens is 1. The SMILES string of the molecule is O=C1CCCN1C[C@@H]1CO[C@H]2CN(S(=O)(=O)c3cccc(F)c3)C[C@@H]12. The first-order valence-corrected chi connectivity index (χ1v) is 10.0. The molecule has 0 aromatic heterocycles. The molecular weight excluding hydrogens is 347 g/mol. The standard InChI is InChI=1S/C17H21FN2O4S/c18-13-3-1-4-14(7-13)25(22,23)20-9-15-12(11-24-16(15)10-20)8-19-6-2-5-17(19)21/h1,3-4,7,12,15-16H,2,5-6,8-11H2/t12-,15+,16+/m1/s1. The Labute approximate surface area is 146 Å². The summed E-state index contributed by atoms with van der Waals surface area (Å²) < 4.78 is 46.1. The highest BCUT2D eigenvalue weighted by Crippen LogP contribution is 2.37. The second kappa shape index (κ2) is 6.34. The topological polar surface area (TPSA) is 66.9 Å². The lowest BCUT2D eigenvalue weighted by atomic mass is 9.93. The number of carbonyl (C=O) groups excluding carboxylic acids is 1. The Morgan fingerprint density at radius 1 is 1.28 bits per heavy atom. The van der Waals surface area contributed by atoms with Crippen molar-refractivity contribution < 1.29 is 22.3 Å². The van der Waals surface area contributed by atoms with Gasteiger partial charge in [-0.25, -0.2) is 12.8 Å². The molecule has 3 aliphatic heterocycles. The highest BCUT2D eigenvalue weighted by molar-refractivity contribution is 7.89. The van der Waals surface area contributed by atoms with Crippen LogP contribution in [0, 0.1) is 17.7 Å². The molecule has 0 saturated carbocycles. The van der Waals surface area contributed by atoms with Gasteiger partial charge in [0.25, 0.3) is 0 Å². The van der Waals surface area contributed by atoms with Crippen LogP contribution in [-0.2, 0) is 19.6 Å². The second-order valence-corrected chi connectivity index (χ2v) is 8.96. The van der Waals surface area contributed by atoms with E-state index in [1.165, 1.54) is 22.5 Å². The molecule has 3 aliphatic rings. The first-order valence-electron chi connectivity index (χ1n) is 8.60. The van der Waals surface area contributed by atoms with Crippen molar-refractivity contribution in [2.75, 3.05) is 32.8 Å². The third-order valence-corrected chi connectivity index (χ3v) is 7.29. The molecule has 0 unspecified atom stereocenters. The molecule has 136 valence electrons. The van der Waals surface area contributed by atoms with Crippen LogP contribution in [0.5, 0.6) is 0 Å². The van der Waals surface area contributed by atoms with Crippen LogP contribution in [0.25, 0.3) is 0 Å². The minimum atomic E-state index is -3.73. The van der Waals surface area contributed by atoms with Crippen molar-refractivity contribution in [2.45, 2.75) is 23.8 Å². The van der Waals surface area contributed by atoms with E-state index in [2.05, 4.69) is 0 Å². The summed E-state index contributed by atoms with van der Waals surface area (Å²) in [6.07, 6.45) is 1.34. The normalized spacial score (nSPS) is 30.2. The highest BCUT2D eigenvalue weighted by atomic mass is 32.2. The Hall–Kier alpha value is -1.51. The summed E-state index contributed by atoms with van der Waals surface area (Å²) in [6.45, 7) is 2.61. The zero-order valence-electron chi connectivity index (χ0n) is 13.8. The quantitative estimate of drug-likeness (QED) is 0.798. The predicted octanol–water partition coefficient (Wildman–Crippen LogP) is 1.08. The predicted molar refractivity (Wildman–Crippen MR) is 87.7 cm³/mol. The molecule has 3 atom stereocenters. The van der Waals surface area contributed by atoms with Gasteiger partial charge in [-0.1, -0.05) is 6.07 Å². The summed E-state index contributed by atoms with van der Waals surface area (Å²) in [4.78, 5) is 13.7. The first kappa shape index (κ1) is 16.9. The van der Waals surface area contributed by atoms with Crippen molar-refractivity contribution >= 4 is 15.9 Å². The van der Waals surface area contributed by atoms with Crippen molar-refractivity contribution in [2.24, 2.45) is 11.8 Å². The number of amides is 1. The van der Waals surface area contributed by atoms with Crippen molar-refractivity contribution in [3.8, 4) is 0 Å². The zero-order valence-corrected chi connectivity index (χ0v) is 14.6. The van der Waals surface area contributed by atoms with Crippen LogP contribution in [0.2, 0.25) is 0 Å². The molecular formula is C17H21FN2O4S. The Kier molecular flexibility index (Phi) is 4.29. The number of carbonyl (C=O) groups is 1. The molecule has 3 fully saturated rings. The minimum absolute atomic E-state index is 0.0289. The third kappa shape index (κ3) is 3.07. The molecule has 1 amide bonds. The number of hydrogen-bond acceptors (Lipinski definition) is 4. The van der Waals surface area contributed by atoms with Gasteiger partial charge in [0.05, 0.1) is 17.6 Å². The monoisotopic (exact) mass is 368 g/mol. The molecule has 3 saturated heterocycles. The molecule has 0 radical (unpaired) electrons. The molecule has 0 spiro atoms. The Balaban J connectivity index is 1.48. The second-order valence-electron chi connectivity index (χ2n) is 7.02. The molecule has 1 aromatic carbocycles. The van der Waals surface area contributed by atoms with Gasteiger partial charge in [0, 0.05) is 44.4 Å². The van der Waals surface area contributed by atoms with Gasteiger partial charge in [-0.2, -0.15) is 4.31 Å². The van der Waals surface area contributed by atoms with E-state index in [-0.39, 0.29) is 35.3 Å². The summed E-state index contributed by atoms with van der Waals surface area (Å²) >= 11 is 0. The Bertz CT molecular complexity index is 785. The van der Waals surface area contributed by atoms with Crippen LogP contribution in [0.4, 0.5) is 4.39 Å². The molecule has 0 N–H and O–H groups in total. The van der Waals surface area contributed by atoms with E-state index in [0.717, 1.165) is 19.0 Å². The highest BCUT2D eigenvalue weighted by Gasteiger charge is 2.48. The molecule has 4 rings (SSSR count). The van der Waals surface area contributed by atoms with Crippen molar-refractivity contribution in [3.63, 3.8) is 0 Å². The largest absolute Gasteiger partial charge is 0.376 e. The van der Waals surface area contributed by atoms with E-state index in [0.29, 0.717) is 26.1 Å². The maximum Gasteiger partial charge on any atom is 0.243 e. The average molecular weight is 368 g/mol. The zero-order chi connectivity index (χ0) is 17.6. The van der Waals surface area contributed by atoms with Gasteiger partial charge in [0.15, 0.2) is 0 Å². The third-order valence-electron chi connectivity index (χ3n) is 5.47. The molecule has 6 nitrogen and oxygen atoms in total. The summed E-state index contributed by atoms with van der Waals surface area (Å²) in [5, 5.41) is 0. The van der Waals surface area contributed by atoms with E-state index in [4.69, 9.17) is 4.74 Å². The molecule has 0 aliphatic carbocycles. The Morgan fingerprint density at radius 3 is 2.84 bits per heavy atom. The van der Waals surface area contributed by atoms with Gasteiger partial charge < -0.3 is 9.64 Å². The molecule has 25 heavy (non-hydrogen) atoms. The maximum atomic E-state index is 13.4. The van der Waals surface area contributed by atoms with Crippen LogP contribution in [-0.4, -0.2) is 62.4 Å².